The normalized spacial score (nSPS) is 15.1. The van der Waals surface area contributed by atoms with E-state index < -0.39 is 5.91 Å². The van der Waals surface area contributed by atoms with Gasteiger partial charge in [0.05, 0.1) is 11.9 Å². The summed E-state index contributed by atoms with van der Waals surface area (Å²) < 4.78 is 16.0. The summed E-state index contributed by atoms with van der Waals surface area (Å²) in [5, 5.41) is 13.3. The smallest absolute Gasteiger partial charge is 0.320 e. The van der Waals surface area contributed by atoms with E-state index in [0.29, 0.717) is 22.9 Å². The summed E-state index contributed by atoms with van der Waals surface area (Å²) in [5.74, 6) is 3.73. The molecule has 2 aliphatic rings. The molecule has 0 aliphatic carbocycles. The lowest BCUT2D eigenvalue weighted by atomic mass is 10.3. The van der Waals surface area contributed by atoms with Crippen LogP contribution in [0.15, 0.2) is 40.9 Å². The third-order valence-electron chi connectivity index (χ3n) is 4.58. The summed E-state index contributed by atoms with van der Waals surface area (Å²) in [4.78, 5) is 19.1. The number of hydrogen-bond acceptors (Lipinski definition) is 10. The van der Waals surface area contributed by atoms with Crippen LogP contribution in [-0.2, 0) is 0 Å². The van der Waals surface area contributed by atoms with Gasteiger partial charge in [0.15, 0.2) is 11.5 Å². The molecular weight excluding hydrogens is 408 g/mol. The second-order valence-electron chi connectivity index (χ2n) is 6.56. The number of pyridine rings is 1. The highest BCUT2D eigenvalue weighted by atomic mass is 32.2. The van der Waals surface area contributed by atoms with Gasteiger partial charge in [0, 0.05) is 36.3 Å². The number of fused-ring (bicyclic) bond motifs is 1. The monoisotopic (exact) mass is 426 g/mol. The lowest BCUT2D eigenvalue weighted by Crippen LogP contribution is -2.33. The van der Waals surface area contributed by atoms with Crippen molar-refractivity contribution in [2.45, 2.75) is 0 Å². The molecule has 5 rings (SSSR count). The summed E-state index contributed by atoms with van der Waals surface area (Å²) in [6, 6.07) is 9.10. The molecule has 1 aromatic carbocycles. The Morgan fingerprint density at radius 2 is 1.87 bits per heavy atom. The molecule has 1 amide bonds. The molecule has 1 fully saturated rings. The van der Waals surface area contributed by atoms with Crippen LogP contribution in [0.1, 0.15) is 10.7 Å². The molecule has 2 aromatic heterocycles. The predicted octanol–water partition coefficient (Wildman–Crippen LogP) is 2.74. The van der Waals surface area contributed by atoms with E-state index in [1.165, 1.54) is 0 Å². The highest BCUT2D eigenvalue weighted by Gasteiger charge is 2.18. The van der Waals surface area contributed by atoms with Gasteiger partial charge in [-0.25, -0.2) is 4.98 Å². The number of rotatable bonds is 5. The number of amides is 1. The third-order valence-corrected chi connectivity index (χ3v) is 5.53. The Balaban J connectivity index is 1.21. The zero-order valence-electron chi connectivity index (χ0n) is 15.8. The molecule has 10 nitrogen and oxygen atoms in total. The predicted molar refractivity (Wildman–Crippen MR) is 112 cm³/mol. The molecule has 11 heteroatoms. The number of aromatic nitrogens is 3. The molecule has 0 atom stereocenters. The zero-order chi connectivity index (χ0) is 20.3. The molecule has 0 radical (unpaired) electrons. The number of nitrogens with one attached hydrogen (secondary N) is 2. The quantitative estimate of drug-likeness (QED) is 0.631. The summed E-state index contributed by atoms with van der Waals surface area (Å²) in [7, 11) is 0. The Morgan fingerprint density at radius 3 is 2.70 bits per heavy atom. The lowest BCUT2D eigenvalue weighted by Gasteiger charge is -2.27. The van der Waals surface area contributed by atoms with Crippen molar-refractivity contribution in [3.63, 3.8) is 0 Å². The molecule has 0 spiro atoms. The van der Waals surface area contributed by atoms with Crippen LogP contribution in [-0.4, -0.2) is 52.5 Å². The first kappa shape index (κ1) is 18.6. The Kier molecular flexibility index (Phi) is 5.01. The van der Waals surface area contributed by atoms with E-state index in [0.717, 1.165) is 30.4 Å². The minimum Gasteiger partial charge on any atom is -0.454 e. The van der Waals surface area contributed by atoms with Crippen molar-refractivity contribution in [2.75, 3.05) is 46.9 Å². The van der Waals surface area contributed by atoms with Crippen LogP contribution in [0.5, 0.6) is 11.5 Å². The van der Waals surface area contributed by atoms with Gasteiger partial charge in [-0.3, -0.25) is 4.79 Å². The van der Waals surface area contributed by atoms with Crippen LogP contribution in [0.4, 0.5) is 23.2 Å². The highest BCUT2D eigenvalue weighted by molar-refractivity contribution is 7.99. The number of benzene rings is 1. The van der Waals surface area contributed by atoms with E-state index in [1.54, 1.807) is 24.4 Å². The van der Waals surface area contributed by atoms with Crippen LogP contribution in [0.2, 0.25) is 0 Å². The maximum atomic E-state index is 12.4. The van der Waals surface area contributed by atoms with E-state index in [2.05, 4.69) is 30.7 Å². The molecule has 0 unspecified atom stereocenters. The Labute approximate surface area is 176 Å². The van der Waals surface area contributed by atoms with E-state index in [4.69, 9.17) is 13.9 Å². The largest absolute Gasteiger partial charge is 0.454 e. The van der Waals surface area contributed by atoms with Gasteiger partial charge < -0.3 is 29.4 Å². The van der Waals surface area contributed by atoms with Gasteiger partial charge in [0.1, 0.15) is 5.82 Å². The molecule has 2 N–H and O–H groups in total. The van der Waals surface area contributed by atoms with Crippen molar-refractivity contribution in [1.29, 1.82) is 0 Å². The van der Waals surface area contributed by atoms with Gasteiger partial charge in [0.2, 0.25) is 6.79 Å². The SMILES string of the molecule is O=C(Nc1ccc(N2CCSCC2)nc1)c1nnc(Nc2ccc3c(c2)OCO3)o1. The number of ether oxygens (including phenoxy) is 2. The first-order valence-electron chi connectivity index (χ1n) is 9.35. The molecule has 30 heavy (non-hydrogen) atoms. The van der Waals surface area contributed by atoms with Crippen LogP contribution >= 0.6 is 11.8 Å². The number of carbonyl (C=O) groups is 1. The number of nitrogens with zero attached hydrogens (tertiary/aromatic N) is 4. The average Bonchev–Trinajstić information content (AvgIpc) is 3.44. The lowest BCUT2D eigenvalue weighted by molar-refractivity contribution is 0.0991. The zero-order valence-corrected chi connectivity index (χ0v) is 16.6. The minimum absolute atomic E-state index is 0.0930. The Hall–Kier alpha value is -3.47. The van der Waals surface area contributed by atoms with Crippen molar-refractivity contribution in [1.82, 2.24) is 15.2 Å². The summed E-state index contributed by atoms with van der Waals surface area (Å²) in [6.45, 7) is 2.14. The average molecular weight is 426 g/mol. The van der Waals surface area contributed by atoms with E-state index >= 15 is 0 Å². The molecular formula is C19H18N6O4S. The molecule has 0 saturated carbocycles. The van der Waals surface area contributed by atoms with Crippen molar-refractivity contribution in [3.05, 3.63) is 42.4 Å². The molecule has 4 heterocycles. The highest BCUT2D eigenvalue weighted by Crippen LogP contribution is 2.35. The maximum absolute atomic E-state index is 12.4. The van der Waals surface area contributed by atoms with Crippen molar-refractivity contribution < 1.29 is 18.7 Å². The van der Waals surface area contributed by atoms with Gasteiger partial charge in [-0.15, -0.1) is 5.10 Å². The standard InChI is InChI=1S/C19H18N6O4S/c26-17(21-13-2-4-16(20-10-13)25-5-7-30-8-6-25)18-23-24-19(29-18)22-12-1-3-14-15(9-12)28-11-27-14/h1-4,9-10H,5-8,11H2,(H,21,26)(H,22,24). The van der Waals surface area contributed by atoms with E-state index in [1.807, 2.05) is 23.9 Å². The van der Waals surface area contributed by atoms with Crippen molar-refractivity contribution in [3.8, 4) is 11.5 Å². The number of hydrogen-bond donors (Lipinski definition) is 2. The number of carbonyl (C=O) groups excluding carboxylic acids is 1. The molecule has 1 saturated heterocycles. The second kappa shape index (κ2) is 8.11. The number of thioether (sulfide) groups is 1. The van der Waals surface area contributed by atoms with Crippen molar-refractivity contribution in [2.24, 2.45) is 0 Å². The van der Waals surface area contributed by atoms with Crippen LogP contribution in [0.3, 0.4) is 0 Å². The summed E-state index contributed by atoms with van der Waals surface area (Å²) in [6.07, 6.45) is 1.62. The van der Waals surface area contributed by atoms with Gasteiger partial charge in [-0.05, 0) is 24.3 Å². The van der Waals surface area contributed by atoms with Crippen molar-refractivity contribution >= 4 is 40.9 Å². The second-order valence-corrected chi connectivity index (χ2v) is 7.79. The van der Waals surface area contributed by atoms with Crippen LogP contribution < -0.4 is 25.0 Å². The molecule has 154 valence electrons. The van der Waals surface area contributed by atoms with Gasteiger partial charge >= 0.3 is 17.8 Å². The van der Waals surface area contributed by atoms with E-state index in [9.17, 15) is 4.79 Å². The summed E-state index contributed by atoms with van der Waals surface area (Å²) in [5.41, 5.74) is 1.23. The molecule has 2 aliphatic heterocycles. The first-order valence-corrected chi connectivity index (χ1v) is 10.5. The Bertz CT molecular complexity index is 1050. The number of anilines is 4. The Morgan fingerprint density at radius 1 is 1.03 bits per heavy atom. The first-order chi connectivity index (χ1) is 14.7. The summed E-state index contributed by atoms with van der Waals surface area (Å²) >= 11 is 1.94. The molecule has 3 aromatic rings. The van der Waals surface area contributed by atoms with Gasteiger partial charge in [0.25, 0.3) is 0 Å². The van der Waals surface area contributed by atoms with Gasteiger partial charge in [-0.1, -0.05) is 5.10 Å². The van der Waals surface area contributed by atoms with E-state index in [-0.39, 0.29) is 18.7 Å². The fraction of sp³-hybridized carbons (Fsp3) is 0.263. The maximum Gasteiger partial charge on any atom is 0.320 e. The topological polar surface area (TPSA) is 115 Å². The fourth-order valence-corrected chi connectivity index (χ4v) is 3.99. The van der Waals surface area contributed by atoms with Crippen LogP contribution in [0.25, 0.3) is 0 Å². The van der Waals surface area contributed by atoms with Gasteiger partial charge in [-0.2, -0.15) is 11.8 Å². The third kappa shape index (κ3) is 3.96. The fourth-order valence-electron chi connectivity index (χ4n) is 3.09. The van der Waals surface area contributed by atoms with Crippen LogP contribution in [0, 0.1) is 0 Å². The molecule has 0 bridgehead atoms. The minimum atomic E-state index is -0.509.